The van der Waals surface area contributed by atoms with Crippen LogP contribution in [0.1, 0.15) is 56.9 Å². The molecular formula is C31H42ClN5O4. The molecule has 0 saturated carbocycles. The summed E-state index contributed by atoms with van der Waals surface area (Å²) in [6, 6.07) is 12.9. The van der Waals surface area contributed by atoms with E-state index in [-0.39, 0.29) is 11.5 Å². The van der Waals surface area contributed by atoms with E-state index in [4.69, 9.17) is 22.4 Å². The fraction of sp³-hybridized carbons (Fsp3) is 0.258. The summed E-state index contributed by atoms with van der Waals surface area (Å²) in [5.41, 5.74) is 15.1. The lowest BCUT2D eigenvalue weighted by Crippen LogP contribution is -2.37. The molecule has 1 aliphatic rings. The van der Waals surface area contributed by atoms with E-state index in [1.807, 2.05) is 52.0 Å². The minimum Gasteiger partial charge on any atom is -0.505 e. The summed E-state index contributed by atoms with van der Waals surface area (Å²) in [5.74, 6) is -2.30. The van der Waals surface area contributed by atoms with Gasteiger partial charge in [0, 0.05) is 33.6 Å². The molecule has 0 spiro atoms. The lowest BCUT2D eigenvalue weighted by Gasteiger charge is -2.32. The van der Waals surface area contributed by atoms with Gasteiger partial charge in [-0.3, -0.25) is 9.59 Å². The second kappa shape index (κ2) is 18.9. The maximum Gasteiger partial charge on any atom is 0.322 e. The number of carbonyl (C=O) groups is 2. The summed E-state index contributed by atoms with van der Waals surface area (Å²) in [7, 11) is 1.50. The third kappa shape index (κ3) is 10.6. The van der Waals surface area contributed by atoms with E-state index in [2.05, 4.69) is 22.7 Å². The minimum atomic E-state index is -1.20. The van der Waals surface area contributed by atoms with Crippen LogP contribution in [0.15, 0.2) is 77.6 Å². The number of hydrazone groups is 1. The van der Waals surface area contributed by atoms with Gasteiger partial charge in [0.1, 0.15) is 6.54 Å². The molecule has 0 unspecified atom stereocenters. The third-order valence-electron chi connectivity index (χ3n) is 5.05. The van der Waals surface area contributed by atoms with Crippen molar-refractivity contribution in [3.63, 3.8) is 0 Å². The summed E-state index contributed by atoms with van der Waals surface area (Å²) in [4.78, 5) is 23.5. The zero-order valence-electron chi connectivity index (χ0n) is 24.8. The number of amides is 1. The van der Waals surface area contributed by atoms with Gasteiger partial charge in [-0.15, -0.1) is 0 Å². The molecule has 2 aromatic rings. The summed E-state index contributed by atoms with van der Waals surface area (Å²) in [6.07, 6.45) is 4.91. The number of allylic oxidation sites excluding steroid dienone is 3. The summed E-state index contributed by atoms with van der Waals surface area (Å²) < 4.78 is 0. The minimum absolute atomic E-state index is 0.176. The second-order valence-corrected chi connectivity index (χ2v) is 8.54. The molecule has 3 rings (SSSR count). The zero-order chi connectivity index (χ0) is 31.7. The predicted molar refractivity (Wildman–Crippen MR) is 171 cm³/mol. The number of carboxylic acids is 1. The molecule has 222 valence electrons. The number of rotatable bonds is 6. The molecule has 0 saturated heterocycles. The van der Waals surface area contributed by atoms with Crippen molar-refractivity contribution in [2.75, 3.05) is 13.6 Å². The first kappa shape index (κ1) is 36.7. The second-order valence-electron chi connectivity index (χ2n) is 8.11. The van der Waals surface area contributed by atoms with Crippen LogP contribution in [0.4, 0.5) is 0 Å². The van der Waals surface area contributed by atoms with E-state index in [0.717, 1.165) is 10.6 Å². The fourth-order valence-corrected chi connectivity index (χ4v) is 3.86. The highest BCUT2D eigenvalue weighted by atomic mass is 35.5. The average molecular weight is 584 g/mol. The van der Waals surface area contributed by atoms with Gasteiger partial charge in [0.05, 0.1) is 5.70 Å². The number of halogens is 1. The normalized spacial score (nSPS) is 13.1. The number of aliphatic carboxylic acids is 1. The van der Waals surface area contributed by atoms with E-state index in [9.17, 15) is 14.7 Å². The number of aliphatic hydroxyl groups is 1. The Balaban J connectivity index is 0.00000112. The van der Waals surface area contributed by atoms with Crippen LogP contribution < -0.4 is 16.8 Å². The maximum atomic E-state index is 12.7. The smallest absolute Gasteiger partial charge is 0.322 e. The van der Waals surface area contributed by atoms with Crippen LogP contribution in [0, 0.1) is 6.92 Å². The Morgan fingerprint density at radius 3 is 2.22 bits per heavy atom. The van der Waals surface area contributed by atoms with Crippen molar-refractivity contribution >= 4 is 46.8 Å². The molecule has 9 nitrogen and oxygen atoms in total. The molecule has 41 heavy (non-hydrogen) atoms. The van der Waals surface area contributed by atoms with Crippen LogP contribution >= 0.6 is 11.6 Å². The number of carbonyl (C=O) groups excluding carboxylic acids is 1. The van der Waals surface area contributed by atoms with Gasteiger partial charge in [0.15, 0.2) is 11.5 Å². The predicted octanol–water partition coefficient (Wildman–Crippen LogP) is 5.92. The van der Waals surface area contributed by atoms with Crippen molar-refractivity contribution in [1.29, 1.82) is 0 Å². The first-order valence-electron chi connectivity index (χ1n) is 13.0. The maximum absolute atomic E-state index is 12.7. The van der Waals surface area contributed by atoms with Crippen LogP contribution in [0.2, 0.25) is 5.02 Å². The first-order chi connectivity index (χ1) is 19.5. The molecule has 0 aromatic heterocycles. The quantitative estimate of drug-likeness (QED) is 0.209. The number of aliphatic hydroxyl groups excluding tert-OH is 1. The molecule has 1 heterocycles. The Morgan fingerprint density at radius 2 is 1.76 bits per heavy atom. The molecular weight excluding hydrogens is 542 g/mol. The highest BCUT2D eigenvalue weighted by Gasteiger charge is 2.34. The van der Waals surface area contributed by atoms with Crippen molar-refractivity contribution in [1.82, 2.24) is 10.3 Å². The van der Waals surface area contributed by atoms with Gasteiger partial charge >= 0.3 is 5.97 Å². The lowest BCUT2D eigenvalue weighted by atomic mass is 9.90. The highest BCUT2D eigenvalue weighted by Crippen LogP contribution is 2.40. The number of nitrogens with one attached hydrogen (secondary N) is 1. The van der Waals surface area contributed by atoms with Gasteiger partial charge in [0.2, 0.25) is 0 Å². The fourth-order valence-electron chi connectivity index (χ4n) is 3.61. The van der Waals surface area contributed by atoms with Crippen molar-refractivity contribution in [3.05, 3.63) is 99.7 Å². The molecule has 2 aromatic carbocycles. The van der Waals surface area contributed by atoms with Crippen molar-refractivity contribution in [3.8, 4) is 0 Å². The lowest BCUT2D eigenvalue weighted by molar-refractivity contribution is -0.137. The van der Waals surface area contributed by atoms with E-state index in [0.29, 0.717) is 28.1 Å². The van der Waals surface area contributed by atoms with Gasteiger partial charge in [-0.05, 0) is 58.5 Å². The van der Waals surface area contributed by atoms with Crippen LogP contribution in [-0.2, 0) is 9.59 Å². The molecule has 10 heteroatoms. The molecule has 0 fully saturated rings. The number of fused-ring (bicyclic) bond motifs is 1. The third-order valence-corrected chi connectivity index (χ3v) is 5.29. The van der Waals surface area contributed by atoms with Crippen LogP contribution in [0.25, 0.3) is 17.2 Å². The average Bonchev–Trinajstić information content (AvgIpc) is 2.94. The Labute approximate surface area is 248 Å². The monoisotopic (exact) mass is 583 g/mol. The molecule has 0 bridgehead atoms. The molecule has 1 amide bonds. The number of aryl methyl sites for hydroxylation is 1. The number of nitrogens with zero attached hydrogens (tertiary/aromatic N) is 2. The van der Waals surface area contributed by atoms with Crippen LogP contribution in [0.5, 0.6) is 0 Å². The number of benzene rings is 2. The molecule has 0 atom stereocenters. The summed E-state index contributed by atoms with van der Waals surface area (Å²) >= 11 is 5.64. The standard InChI is InChI=1S/C21H24N4O4.C7H7Cl.C2H6.CH5N/c1-5-16-18-13(15(22)10-12(3)4)8-7-9-14(18)20(28)19(25(16)24-6-2)21(29)23-11-17(26)27;1-6-3-2-4-7(8)5-6;2*1-2/h5-10,28H,3,11,22H2,1-2,4H3,(H,23,29)(H,26,27);2-5H,1H3;1-2H3;2H2,1H3/b15-10-,16-5+,24-6-;;;. The number of hydrogen-bond donors (Lipinski definition) is 5. The van der Waals surface area contributed by atoms with E-state index in [1.54, 1.807) is 44.2 Å². The Morgan fingerprint density at radius 1 is 1.15 bits per heavy atom. The van der Waals surface area contributed by atoms with Gasteiger partial charge < -0.3 is 27.0 Å². The summed E-state index contributed by atoms with van der Waals surface area (Å²) in [5, 5.41) is 28.3. The van der Waals surface area contributed by atoms with Crippen LogP contribution in [0.3, 0.4) is 0 Å². The van der Waals surface area contributed by atoms with Crippen molar-refractivity contribution in [2.24, 2.45) is 16.6 Å². The molecule has 0 radical (unpaired) electrons. The van der Waals surface area contributed by atoms with Gasteiger partial charge in [-0.25, -0.2) is 5.01 Å². The van der Waals surface area contributed by atoms with Gasteiger partial charge in [-0.2, -0.15) is 5.10 Å². The summed E-state index contributed by atoms with van der Waals surface area (Å²) in [6.45, 7) is 14.5. The Kier molecular flexibility index (Phi) is 16.9. The Bertz CT molecular complexity index is 1310. The Hall–Kier alpha value is -4.34. The van der Waals surface area contributed by atoms with Gasteiger partial charge in [0.25, 0.3) is 5.91 Å². The molecule has 0 aliphatic carbocycles. The van der Waals surface area contributed by atoms with E-state index >= 15 is 0 Å². The SMILES string of the molecule is C=C(C)/C=C(\N)c1cccc2c1/C(=C\C)N(/N=C\C)C(C(=O)NCC(=O)O)=C2O.CC.CN.Cc1cccc(Cl)c1. The number of carboxylic acid groups (broad SMARTS) is 1. The van der Waals surface area contributed by atoms with E-state index in [1.165, 1.54) is 23.8 Å². The van der Waals surface area contributed by atoms with E-state index < -0.39 is 18.4 Å². The first-order valence-corrected chi connectivity index (χ1v) is 13.3. The van der Waals surface area contributed by atoms with Gasteiger partial charge in [-0.1, -0.05) is 74.0 Å². The van der Waals surface area contributed by atoms with Crippen molar-refractivity contribution < 1.29 is 19.8 Å². The molecule has 1 aliphatic heterocycles. The zero-order valence-corrected chi connectivity index (χ0v) is 25.6. The number of hydrogen-bond acceptors (Lipinski definition) is 7. The molecule has 7 N–H and O–H groups in total. The largest absolute Gasteiger partial charge is 0.505 e. The van der Waals surface area contributed by atoms with Crippen LogP contribution in [-0.4, -0.2) is 46.9 Å². The highest BCUT2D eigenvalue weighted by molar-refractivity contribution is 6.30. The number of nitrogens with two attached hydrogens (primary N) is 2. The van der Waals surface area contributed by atoms with Crippen molar-refractivity contribution in [2.45, 2.75) is 41.5 Å². The topological polar surface area (TPSA) is 154 Å².